The molecule has 0 amide bonds. The minimum atomic E-state index is -0.532. The summed E-state index contributed by atoms with van der Waals surface area (Å²) in [6.45, 7) is 3.82. The van der Waals surface area contributed by atoms with Crippen LogP contribution in [0, 0.1) is 0 Å². The summed E-state index contributed by atoms with van der Waals surface area (Å²) >= 11 is 0. The summed E-state index contributed by atoms with van der Waals surface area (Å²) in [6, 6.07) is 10.2. The van der Waals surface area contributed by atoms with Crippen molar-refractivity contribution in [3.8, 4) is 0 Å². The van der Waals surface area contributed by atoms with Gasteiger partial charge in [-0.3, -0.25) is 0 Å². The van der Waals surface area contributed by atoms with Crippen molar-refractivity contribution < 1.29 is 4.79 Å². The maximum absolute atomic E-state index is 10.4. The summed E-state index contributed by atoms with van der Waals surface area (Å²) in [6.07, 6.45) is 1.64. The predicted octanol–water partition coefficient (Wildman–Crippen LogP) is 2.75. The van der Waals surface area contributed by atoms with Crippen LogP contribution in [-0.2, 0) is 17.4 Å². The molecule has 0 unspecified atom stereocenters. The van der Waals surface area contributed by atoms with Crippen LogP contribution >= 0.6 is 0 Å². The van der Waals surface area contributed by atoms with Crippen LogP contribution in [0.3, 0.4) is 0 Å². The van der Waals surface area contributed by atoms with Crippen LogP contribution in [0.1, 0.15) is 19.5 Å². The molecule has 0 bridgehead atoms. The van der Waals surface area contributed by atoms with Crippen molar-refractivity contribution in [1.29, 1.82) is 0 Å². The number of carbonyl (C=O) groups excluding carboxylic acids is 1. The van der Waals surface area contributed by atoms with Gasteiger partial charge in [-0.05, 0) is 31.4 Å². The van der Waals surface area contributed by atoms with E-state index in [9.17, 15) is 4.79 Å². The molecule has 0 radical (unpaired) electrons. The lowest BCUT2D eigenvalue weighted by Gasteiger charge is -2.18. The van der Waals surface area contributed by atoms with Gasteiger partial charge in [-0.1, -0.05) is 18.2 Å². The van der Waals surface area contributed by atoms with E-state index in [0.29, 0.717) is 0 Å². The highest BCUT2D eigenvalue weighted by atomic mass is 16.1. The number of nitrogens with zero attached hydrogens (tertiary/aromatic N) is 2. The predicted molar refractivity (Wildman–Crippen MR) is 64.1 cm³/mol. The van der Waals surface area contributed by atoms with E-state index < -0.39 is 5.54 Å². The third-order valence-corrected chi connectivity index (χ3v) is 2.90. The van der Waals surface area contributed by atoms with Gasteiger partial charge < -0.3 is 4.57 Å². The zero-order valence-electron chi connectivity index (χ0n) is 9.69. The summed E-state index contributed by atoms with van der Waals surface area (Å²) in [4.78, 5) is 14.3. The van der Waals surface area contributed by atoms with Gasteiger partial charge in [0.25, 0.3) is 0 Å². The first-order chi connectivity index (χ1) is 7.56. The molecule has 2 aromatic rings. The Bertz CT molecular complexity index is 575. The molecule has 0 saturated heterocycles. The number of hydrogen-bond donors (Lipinski definition) is 0. The van der Waals surface area contributed by atoms with E-state index in [1.54, 1.807) is 6.08 Å². The lowest BCUT2D eigenvalue weighted by Crippen LogP contribution is -2.17. The highest BCUT2D eigenvalue weighted by Crippen LogP contribution is 2.29. The standard InChI is InChI=1S/C13H14N2O/c1-13(2,14-9-16)12-8-10-6-4-5-7-11(10)15(12)3/h4-8H,1-3H3. The molecule has 2 rings (SSSR count). The van der Waals surface area contributed by atoms with Crippen LogP contribution in [0.5, 0.6) is 0 Å². The lowest BCUT2D eigenvalue weighted by atomic mass is 10.0. The molecule has 0 aliphatic carbocycles. The zero-order valence-corrected chi connectivity index (χ0v) is 9.69. The Balaban J connectivity index is 2.70. The Morgan fingerprint density at radius 3 is 2.62 bits per heavy atom. The van der Waals surface area contributed by atoms with Gasteiger partial charge in [0, 0.05) is 18.3 Å². The van der Waals surface area contributed by atoms with Crippen LogP contribution in [0.2, 0.25) is 0 Å². The molecule has 0 fully saturated rings. The molecule has 0 N–H and O–H groups in total. The first-order valence-electron chi connectivity index (χ1n) is 5.20. The van der Waals surface area contributed by atoms with Gasteiger partial charge >= 0.3 is 0 Å². The molecular weight excluding hydrogens is 200 g/mol. The number of isocyanates is 1. The molecule has 0 spiro atoms. The van der Waals surface area contributed by atoms with E-state index in [1.165, 1.54) is 0 Å². The summed E-state index contributed by atoms with van der Waals surface area (Å²) in [5.41, 5.74) is 1.62. The third-order valence-electron chi connectivity index (χ3n) is 2.90. The fraction of sp³-hybridized carbons (Fsp3) is 0.308. The highest BCUT2D eigenvalue weighted by molar-refractivity contribution is 5.81. The molecule has 0 aliphatic rings. The van der Waals surface area contributed by atoms with Crippen LogP contribution < -0.4 is 0 Å². The Morgan fingerprint density at radius 2 is 2.00 bits per heavy atom. The van der Waals surface area contributed by atoms with Gasteiger partial charge in [0.15, 0.2) is 0 Å². The minimum Gasteiger partial charge on any atom is -0.345 e. The van der Waals surface area contributed by atoms with Gasteiger partial charge in [-0.2, -0.15) is 4.99 Å². The molecule has 1 aromatic heterocycles. The Kier molecular flexibility index (Phi) is 2.41. The van der Waals surface area contributed by atoms with Crippen LogP contribution in [0.4, 0.5) is 0 Å². The minimum absolute atomic E-state index is 0.532. The first-order valence-corrected chi connectivity index (χ1v) is 5.20. The van der Waals surface area contributed by atoms with Crippen molar-refractivity contribution in [3.05, 3.63) is 36.0 Å². The molecule has 82 valence electrons. The number of aliphatic imine (C=N–C) groups is 1. The van der Waals surface area contributed by atoms with Crippen molar-refractivity contribution in [2.24, 2.45) is 12.0 Å². The normalized spacial score (nSPS) is 11.4. The fourth-order valence-corrected chi connectivity index (χ4v) is 2.05. The maximum Gasteiger partial charge on any atom is 0.235 e. The number of hydrogen-bond acceptors (Lipinski definition) is 2. The molecule has 1 aromatic carbocycles. The summed E-state index contributed by atoms with van der Waals surface area (Å²) < 4.78 is 2.07. The van der Waals surface area contributed by atoms with E-state index in [2.05, 4.69) is 27.8 Å². The van der Waals surface area contributed by atoms with Crippen molar-refractivity contribution in [2.75, 3.05) is 0 Å². The molecule has 1 heterocycles. The number of para-hydroxylation sites is 1. The second-order valence-corrected chi connectivity index (χ2v) is 4.41. The van der Waals surface area contributed by atoms with Crippen LogP contribution in [0.25, 0.3) is 10.9 Å². The number of fused-ring (bicyclic) bond motifs is 1. The average molecular weight is 214 g/mol. The fourth-order valence-electron chi connectivity index (χ4n) is 2.05. The molecule has 3 heteroatoms. The number of aromatic nitrogens is 1. The van der Waals surface area contributed by atoms with E-state index >= 15 is 0 Å². The zero-order chi connectivity index (χ0) is 11.8. The number of aryl methyl sites for hydroxylation is 1. The largest absolute Gasteiger partial charge is 0.345 e. The van der Waals surface area contributed by atoms with Gasteiger partial charge in [0.2, 0.25) is 6.08 Å². The van der Waals surface area contributed by atoms with Gasteiger partial charge in [0.1, 0.15) is 5.54 Å². The van der Waals surface area contributed by atoms with E-state index in [-0.39, 0.29) is 0 Å². The quantitative estimate of drug-likeness (QED) is 0.559. The second-order valence-electron chi connectivity index (χ2n) is 4.41. The molecular formula is C13H14N2O. The molecule has 3 nitrogen and oxygen atoms in total. The van der Waals surface area contributed by atoms with Crippen LogP contribution in [0.15, 0.2) is 35.3 Å². The highest BCUT2D eigenvalue weighted by Gasteiger charge is 2.23. The third kappa shape index (κ3) is 1.55. The Labute approximate surface area is 94.4 Å². The van der Waals surface area contributed by atoms with Crippen molar-refractivity contribution in [2.45, 2.75) is 19.4 Å². The number of rotatable bonds is 2. The van der Waals surface area contributed by atoms with Crippen molar-refractivity contribution >= 4 is 17.0 Å². The lowest BCUT2D eigenvalue weighted by molar-refractivity contribution is 0.501. The SMILES string of the molecule is Cn1c(C(C)(C)N=C=O)cc2ccccc21. The Morgan fingerprint density at radius 1 is 1.31 bits per heavy atom. The van der Waals surface area contributed by atoms with Crippen molar-refractivity contribution in [3.63, 3.8) is 0 Å². The summed E-state index contributed by atoms with van der Waals surface area (Å²) in [5, 5.41) is 1.16. The van der Waals surface area contributed by atoms with Crippen molar-refractivity contribution in [1.82, 2.24) is 4.57 Å². The van der Waals surface area contributed by atoms with Crippen LogP contribution in [-0.4, -0.2) is 10.6 Å². The molecule has 0 aliphatic heterocycles. The van der Waals surface area contributed by atoms with E-state index in [0.717, 1.165) is 16.6 Å². The monoisotopic (exact) mass is 214 g/mol. The molecule has 0 atom stereocenters. The summed E-state index contributed by atoms with van der Waals surface area (Å²) in [5.74, 6) is 0. The Hall–Kier alpha value is -1.86. The van der Waals surface area contributed by atoms with E-state index in [4.69, 9.17) is 0 Å². The number of benzene rings is 1. The van der Waals surface area contributed by atoms with Gasteiger partial charge in [-0.25, -0.2) is 4.79 Å². The maximum atomic E-state index is 10.4. The molecule has 0 saturated carbocycles. The van der Waals surface area contributed by atoms with Gasteiger partial charge in [0.05, 0.1) is 0 Å². The smallest absolute Gasteiger partial charge is 0.235 e. The molecule has 16 heavy (non-hydrogen) atoms. The second kappa shape index (κ2) is 3.62. The first kappa shape index (κ1) is 10.7. The topological polar surface area (TPSA) is 34.4 Å². The van der Waals surface area contributed by atoms with E-state index in [1.807, 2.05) is 33.0 Å². The van der Waals surface area contributed by atoms with Gasteiger partial charge in [-0.15, -0.1) is 0 Å². The average Bonchev–Trinajstić information content (AvgIpc) is 2.58. The summed E-state index contributed by atoms with van der Waals surface area (Å²) in [7, 11) is 1.99.